The lowest BCUT2D eigenvalue weighted by atomic mass is 10.4. The van der Waals surface area contributed by atoms with Crippen molar-refractivity contribution in [3.05, 3.63) is 40.4 Å². The third-order valence-corrected chi connectivity index (χ3v) is 4.92. The van der Waals surface area contributed by atoms with Gasteiger partial charge in [0.2, 0.25) is 0 Å². The van der Waals surface area contributed by atoms with Crippen LogP contribution in [0.25, 0.3) is 0 Å². The van der Waals surface area contributed by atoms with Crippen LogP contribution in [0.5, 0.6) is 0 Å². The summed E-state index contributed by atoms with van der Waals surface area (Å²) in [5, 5.41) is 10.3. The largest absolute Gasteiger partial charge is 0.367 e. The van der Waals surface area contributed by atoms with Gasteiger partial charge in [0.05, 0.1) is 9.82 Å². The van der Waals surface area contributed by atoms with Gasteiger partial charge in [0.15, 0.2) is 0 Å². The molecule has 5 nitrogen and oxygen atoms in total. The van der Waals surface area contributed by atoms with E-state index in [0.29, 0.717) is 0 Å². The van der Waals surface area contributed by atoms with Crippen LogP contribution in [0.15, 0.2) is 35.2 Å². The van der Waals surface area contributed by atoms with E-state index in [4.69, 9.17) is 0 Å². The van der Waals surface area contributed by atoms with E-state index in [1.807, 2.05) is 0 Å². The molecule has 1 aromatic carbocycles. The molecular formula is C7H6BrNO4S. The van der Waals surface area contributed by atoms with Crippen LogP contribution in [-0.2, 0) is 9.84 Å². The molecule has 76 valence electrons. The van der Waals surface area contributed by atoms with Gasteiger partial charge in [-0.15, -0.1) is 0 Å². The molecule has 0 spiro atoms. The van der Waals surface area contributed by atoms with Crippen LogP contribution < -0.4 is 0 Å². The Bertz CT molecular complexity index is 430. The lowest BCUT2D eigenvalue weighted by Crippen LogP contribution is -2.23. The summed E-state index contributed by atoms with van der Waals surface area (Å²) in [5.74, 6) is 0. The van der Waals surface area contributed by atoms with Crippen molar-refractivity contribution in [3.8, 4) is 0 Å². The molecule has 1 unspecified atom stereocenters. The highest BCUT2D eigenvalue weighted by atomic mass is 79.9. The SMILES string of the molecule is O=[N+]([O-])C(Br)S(=O)(=O)c1ccccc1. The van der Waals surface area contributed by atoms with Crippen LogP contribution in [0.3, 0.4) is 0 Å². The minimum atomic E-state index is -3.92. The van der Waals surface area contributed by atoms with E-state index >= 15 is 0 Å². The first kappa shape index (κ1) is 11.1. The van der Waals surface area contributed by atoms with Gasteiger partial charge in [-0.1, -0.05) is 18.2 Å². The summed E-state index contributed by atoms with van der Waals surface area (Å²) in [4.78, 5) is 9.33. The number of sulfone groups is 1. The molecule has 0 bridgehead atoms. The summed E-state index contributed by atoms with van der Waals surface area (Å²) in [6.45, 7) is 0. The van der Waals surface area contributed by atoms with Crippen molar-refractivity contribution < 1.29 is 13.3 Å². The molecule has 7 heteroatoms. The molecule has 0 fully saturated rings. The number of nitrogens with zero attached hydrogens (tertiary/aromatic N) is 1. The molecule has 14 heavy (non-hydrogen) atoms. The molecule has 0 aromatic heterocycles. The van der Waals surface area contributed by atoms with Crippen molar-refractivity contribution >= 4 is 25.8 Å². The van der Waals surface area contributed by atoms with Crippen LogP contribution >= 0.6 is 15.9 Å². The van der Waals surface area contributed by atoms with Crippen molar-refractivity contribution in [1.82, 2.24) is 0 Å². The molecule has 0 amide bonds. The molecule has 1 aromatic rings. The fraction of sp³-hybridized carbons (Fsp3) is 0.143. The predicted molar refractivity (Wildman–Crippen MR) is 53.3 cm³/mol. The molecule has 1 atom stereocenters. The summed E-state index contributed by atoms with van der Waals surface area (Å²) in [7, 11) is -3.92. The maximum Gasteiger partial charge on any atom is 0.367 e. The first-order valence-corrected chi connectivity index (χ1v) is 5.99. The van der Waals surface area contributed by atoms with E-state index in [0.717, 1.165) is 0 Å². The summed E-state index contributed by atoms with van der Waals surface area (Å²) in [5.41, 5.74) is 0. The lowest BCUT2D eigenvalue weighted by molar-refractivity contribution is -0.470. The van der Waals surface area contributed by atoms with Gasteiger partial charge in [0.1, 0.15) is 0 Å². The van der Waals surface area contributed by atoms with E-state index in [2.05, 4.69) is 15.9 Å². The first-order chi connectivity index (χ1) is 6.46. The Morgan fingerprint density at radius 2 is 1.79 bits per heavy atom. The average Bonchev–Trinajstić information content (AvgIpc) is 2.18. The Morgan fingerprint density at radius 1 is 1.29 bits per heavy atom. The van der Waals surface area contributed by atoms with Crippen molar-refractivity contribution in [3.63, 3.8) is 0 Å². The highest BCUT2D eigenvalue weighted by molar-refractivity contribution is 9.11. The molecule has 0 N–H and O–H groups in total. The van der Waals surface area contributed by atoms with Crippen LogP contribution in [0, 0.1) is 10.1 Å². The molecule has 1 rings (SSSR count). The van der Waals surface area contributed by atoms with E-state index in [-0.39, 0.29) is 4.90 Å². The number of hydrogen-bond acceptors (Lipinski definition) is 4. The summed E-state index contributed by atoms with van der Waals surface area (Å²) < 4.78 is 21.2. The van der Waals surface area contributed by atoms with Gasteiger partial charge in [-0.3, -0.25) is 10.1 Å². The van der Waals surface area contributed by atoms with Gasteiger partial charge in [-0.25, -0.2) is 8.42 Å². The molecule has 0 heterocycles. The maximum atomic E-state index is 11.5. The average molecular weight is 280 g/mol. The van der Waals surface area contributed by atoms with Crippen LogP contribution in [0.2, 0.25) is 0 Å². The summed E-state index contributed by atoms with van der Waals surface area (Å²) in [6.07, 6.45) is 0. The quantitative estimate of drug-likeness (QED) is 0.363. The van der Waals surface area contributed by atoms with Gasteiger partial charge in [0, 0.05) is 15.9 Å². The normalized spacial score (nSPS) is 13.5. The highest BCUT2D eigenvalue weighted by Gasteiger charge is 2.34. The fourth-order valence-electron chi connectivity index (χ4n) is 0.836. The van der Waals surface area contributed by atoms with Crippen molar-refractivity contribution in [2.45, 2.75) is 9.18 Å². The van der Waals surface area contributed by atoms with E-state index in [9.17, 15) is 18.5 Å². The third-order valence-electron chi connectivity index (χ3n) is 1.49. The van der Waals surface area contributed by atoms with Crippen LogP contribution in [-0.4, -0.2) is 17.6 Å². The Kier molecular flexibility index (Phi) is 3.22. The zero-order valence-corrected chi connectivity index (χ0v) is 9.23. The van der Waals surface area contributed by atoms with E-state index < -0.39 is 19.0 Å². The number of nitro groups is 1. The Labute approximate surface area is 88.9 Å². The van der Waals surface area contributed by atoms with Gasteiger partial charge in [-0.05, 0) is 12.1 Å². The molecule has 0 aliphatic rings. The second-order valence-corrected chi connectivity index (χ2v) is 5.92. The van der Waals surface area contributed by atoms with Crippen molar-refractivity contribution in [2.75, 3.05) is 0 Å². The van der Waals surface area contributed by atoms with E-state index in [1.165, 1.54) is 24.3 Å². The molecule has 0 radical (unpaired) electrons. The van der Waals surface area contributed by atoms with E-state index in [1.54, 1.807) is 6.07 Å². The van der Waals surface area contributed by atoms with Crippen LogP contribution in [0.1, 0.15) is 0 Å². The predicted octanol–water partition coefficient (Wildman–Crippen LogP) is 1.42. The molecule has 0 aliphatic carbocycles. The molecule has 0 aliphatic heterocycles. The van der Waals surface area contributed by atoms with Crippen molar-refractivity contribution in [2.24, 2.45) is 0 Å². The van der Waals surface area contributed by atoms with Crippen LogP contribution in [0.4, 0.5) is 0 Å². The number of halogens is 1. The summed E-state index contributed by atoms with van der Waals surface area (Å²) >= 11 is 2.51. The molecule has 0 saturated heterocycles. The summed E-state index contributed by atoms with van der Waals surface area (Å²) in [6, 6.07) is 7.27. The minimum absolute atomic E-state index is 0.0708. The number of alkyl halides is 1. The minimum Gasteiger partial charge on any atom is -0.262 e. The van der Waals surface area contributed by atoms with Gasteiger partial charge in [0.25, 0.3) is 9.84 Å². The van der Waals surface area contributed by atoms with Gasteiger partial charge >= 0.3 is 4.28 Å². The zero-order valence-electron chi connectivity index (χ0n) is 6.83. The van der Waals surface area contributed by atoms with Gasteiger partial charge < -0.3 is 0 Å². The standard InChI is InChI=1S/C7H6BrNO4S/c8-7(9(10)11)14(12,13)6-4-2-1-3-5-6/h1-5,7H. The monoisotopic (exact) mass is 279 g/mol. The Balaban J connectivity index is 3.16. The smallest absolute Gasteiger partial charge is 0.262 e. The molecular weight excluding hydrogens is 274 g/mol. The number of benzene rings is 1. The highest BCUT2D eigenvalue weighted by Crippen LogP contribution is 2.19. The van der Waals surface area contributed by atoms with Gasteiger partial charge in [-0.2, -0.15) is 0 Å². The Morgan fingerprint density at radius 3 is 2.21 bits per heavy atom. The lowest BCUT2D eigenvalue weighted by Gasteiger charge is -2.03. The second-order valence-electron chi connectivity index (χ2n) is 2.44. The topological polar surface area (TPSA) is 77.3 Å². The second kappa shape index (κ2) is 4.05. The maximum absolute atomic E-state index is 11.5. The molecule has 0 saturated carbocycles. The number of hydrogen-bond donors (Lipinski definition) is 0. The Hall–Kier alpha value is -0.950. The third kappa shape index (κ3) is 2.10. The van der Waals surface area contributed by atoms with Crippen molar-refractivity contribution in [1.29, 1.82) is 0 Å². The number of rotatable bonds is 3. The zero-order chi connectivity index (χ0) is 10.8. The first-order valence-electron chi connectivity index (χ1n) is 3.53. The fourth-order valence-corrected chi connectivity index (χ4v) is 2.47.